The molecule has 0 heterocycles. The molecule has 87 heavy (non-hydrogen) atoms. The number of benzene rings is 2. The molecule has 0 nitrogen and oxygen atoms in total. The largest absolute Gasteiger partial charge is 0.0885 e. The second-order valence-electron chi connectivity index (χ2n) is 29.5. The molecular weight excluding hydrogens is 1040 g/mol. The predicted octanol–water partition coefficient (Wildman–Crippen LogP) is 28.5. The first-order valence-corrected chi connectivity index (χ1v) is 39.7. The number of hydrogen-bond donors (Lipinski definition) is 0. The van der Waals surface area contributed by atoms with Crippen LogP contribution in [0.4, 0.5) is 0 Å². The molecule has 16 aliphatic carbocycles. The van der Waals surface area contributed by atoms with Crippen molar-refractivity contribution in [1.29, 1.82) is 0 Å². The summed E-state index contributed by atoms with van der Waals surface area (Å²) >= 11 is 0. The monoisotopic (exact) mass is 1190 g/mol. The first-order chi connectivity index (χ1) is 43.3. The third-order valence-corrected chi connectivity index (χ3v) is 22.1. The summed E-state index contributed by atoms with van der Waals surface area (Å²) in [7, 11) is 0. The maximum atomic E-state index is 2.27. The van der Waals surface area contributed by atoms with Gasteiger partial charge in [-0.05, 0) is 186 Å². The van der Waals surface area contributed by atoms with Gasteiger partial charge in [0.1, 0.15) is 0 Å². The summed E-state index contributed by atoms with van der Waals surface area (Å²) in [4.78, 5) is 0. The summed E-state index contributed by atoms with van der Waals surface area (Å²) in [6, 6.07) is 17.5. The summed E-state index contributed by atoms with van der Waals surface area (Å²) in [5.41, 5.74) is 6.29. The van der Waals surface area contributed by atoms with E-state index >= 15 is 0 Å². The van der Waals surface area contributed by atoms with Crippen LogP contribution in [0.1, 0.15) is 375 Å². The van der Waals surface area contributed by atoms with Gasteiger partial charge in [0.2, 0.25) is 0 Å². The fourth-order valence-corrected chi connectivity index (χ4v) is 16.1. The van der Waals surface area contributed by atoms with Crippen molar-refractivity contribution in [3.8, 4) is 0 Å². The third kappa shape index (κ3) is 36.7. The lowest BCUT2D eigenvalue weighted by atomic mass is 9.71. The molecule has 0 aromatic heterocycles. The Bertz CT molecular complexity index is 1830. The standard InChI is InChI=1S/C10H18.C10H12.C9H16.C9H10.C8H14.C6H12.2C6H10.C6H8.C5H10.C5H8.C4H8.C3H6/c2*1-2-6-10-8-4-3-7-9(10)5-1;2*1-2-5-9-7-3-6-8(9)4-1;1-3-7-5-2-6-8(7)4-1;4*1-2-4-6-5-3-1;2*1-2-4-5-3-1;1-2-4-3-1;1-2-3-1/h9-10H,1-8H2;1-2,5-6H,3-4,7-8H2;8-9H,1-7H2;1-2,4-5H,3,6-7H2;7-8H,1-6H2;1-6H2;2*1-2H,3-6H2;1-2,5-6H,3-4H2;1-5H2;1-2H,3-5H2;1-4H2;1-3H2. The minimum absolute atomic E-state index is 1.14. The average Bonchev–Trinajstić information content (AvgIpc) is 4.49. The van der Waals surface area contributed by atoms with E-state index in [1.165, 1.54) is 313 Å². The molecule has 10 fully saturated rings. The lowest BCUT2D eigenvalue weighted by Crippen LogP contribution is -2.22. The van der Waals surface area contributed by atoms with Crippen molar-refractivity contribution in [2.24, 2.45) is 35.5 Å². The smallest absolute Gasteiger partial charge is 0.0169 e. The van der Waals surface area contributed by atoms with Crippen LogP contribution in [-0.2, 0) is 25.7 Å². The minimum atomic E-state index is 1.14. The van der Waals surface area contributed by atoms with E-state index in [9.17, 15) is 0 Å². The number of aryl methyl sites for hydroxylation is 4. The Labute approximate surface area is 542 Å². The van der Waals surface area contributed by atoms with Crippen molar-refractivity contribution in [3.63, 3.8) is 0 Å². The van der Waals surface area contributed by atoms with Crippen molar-refractivity contribution >= 4 is 0 Å². The first kappa shape index (κ1) is 73.2. The molecule has 18 rings (SSSR count). The Morgan fingerprint density at radius 3 is 0.540 bits per heavy atom. The molecule has 2 unspecified atom stereocenters. The van der Waals surface area contributed by atoms with Gasteiger partial charge in [0.15, 0.2) is 0 Å². The zero-order valence-corrected chi connectivity index (χ0v) is 57.6. The van der Waals surface area contributed by atoms with Crippen molar-refractivity contribution in [2.75, 3.05) is 0 Å². The Morgan fingerprint density at radius 1 is 0.161 bits per heavy atom. The van der Waals surface area contributed by atoms with E-state index in [4.69, 9.17) is 0 Å². The molecule has 10 saturated carbocycles. The molecule has 2 atom stereocenters. The van der Waals surface area contributed by atoms with Crippen LogP contribution >= 0.6 is 0 Å². The molecule has 0 heteroatoms. The fourth-order valence-electron chi connectivity index (χ4n) is 16.1. The fraction of sp³-hybridized carbons (Fsp3) is 0.747. The van der Waals surface area contributed by atoms with Crippen molar-refractivity contribution in [1.82, 2.24) is 0 Å². The molecule has 0 amide bonds. The number of rotatable bonds is 0. The topological polar surface area (TPSA) is 0 Å². The Hall–Kier alpha value is -2.86. The highest BCUT2D eigenvalue weighted by molar-refractivity contribution is 5.31. The average molecular weight is 1190 g/mol. The third-order valence-electron chi connectivity index (χ3n) is 22.1. The van der Waals surface area contributed by atoms with E-state index in [-0.39, 0.29) is 0 Å². The van der Waals surface area contributed by atoms with E-state index in [2.05, 4.69) is 109 Å². The van der Waals surface area contributed by atoms with Crippen molar-refractivity contribution < 1.29 is 0 Å². The highest BCUT2D eigenvalue weighted by atomic mass is 14.4. The van der Waals surface area contributed by atoms with Gasteiger partial charge in [-0.15, -0.1) is 0 Å². The normalized spacial score (nSPS) is 27.1. The summed E-state index contributed by atoms with van der Waals surface area (Å²) in [6.07, 6.45) is 108. The van der Waals surface area contributed by atoms with Crippen LogP contribution in [0.5, 0.6) is 0 Å². The first-order valence-electron chi connectivity index (χ1n) is 39.7. The van der Waals surface area contributed by atoms with Crippen LogP contribution in [0.15, 0.2) is 109 Å². The second kappa shape index (κ2) is 51.7. The van der Waals surface area contributed by atoms with Crippen LogP contribution in [0.3, 0.4) is 0 Å². The van der Waals surface area contributed by atoms with E-state index < -0.39 is 0 Å². The van der Waals surface area contributed by atoms with Gasteiger partial charge in [0, 0.05) is 0 Å². The summed E-state index contributed by atoms with van der Waals surface area (Å²) in [5, 5.41) is 0. The molecular formula is C87H142. The second-order valence-corrected chi connectivity index (χ2v) is 29.5. The molecule has 0 aliphatic heterocycles. The van der Waals surface area contributed by atoms with E-state index in [1.807, 2.05) is 0 Å². The molecule has 490 valence electrons. The van der Waals surface area contributed by atoms with Crippen molar-refractivity contribution in [2.45, 2.75) is 379 Å². The van der Waals surface area contributed by atoms with Gasteiger partial charge in [-0.3, -0.25) is 0 Å². The van der Waals surface area contributed by atoms with Crippen LogP contribution in [-0.4, -0.2) is 0 Å². The molecule has 2 aromatic carbocycles. The van der Waals surface area contributed by atoms with Crippen LogP contribution in [0.25, 0.3) is 0 Å². The van der Waals surface area contributed by atoms with Crippen LogP contribution in [0, 0.1) is 35.5 Å². The van der Waals surface area contributed by atoms with E-state index in [0.717, 1.165) is 24.7 Å². The number of allylic oxidation sites excluding steroid dienone is 10. The summed E-state index contributed by atoms with van der Waals surface area (Å²) in [6.45, 7) is 0. The van der Waals surface area contributed by atoms with Gasteiger partial charge < -0.3 is 0 Å². The van der Waals surface area contributed by atoms with Gasteiger partial charge in [-0.2, -0.15) is 0 Å². The molecule has 0 saturated heterocycles. The zero-order chi connectivity index (χ0) is 60.2. The maximum absolute atomic E-state index is 2.27. The molecule has 0 radical (unpaired) electrons. The quantitative estimate of drug-likeness (QED) is 0.231. The SMILES string of the molecule is C1=CCC=CC1.C1=CCCC1.C1=CCCCC1.C1=CCCCC1.C1CC1.C1CC2CCCC2C1.C1CCC1.C1CCC2CCCC2C1.C1CCC2CCCCC2C1.C1CCCC1.C1CCCCC1.c1ccc2c(c1)CCC2.c1ccc2c(c1)CCCC2. The molecule has 2 aromatic rings. The van der Waals surface area contributed by atoms with Gasteiger partial charge in [0.05, 0.1) is 0 Å². The number of hydrogen-bond acceptors (Lipinski definition) is 0. The minimum Gasteiger partial charge on any atom is -0.0885 e. The molecule has 0 spiro atoms. The Balaban J connectivity index is 0.000000152. The lowest BCUT2D eigenvalue weighted by molar-refractivity contribution is 0.171. The van der Waals surface area contributed by atoms with Gasteiger partial charge >= 0.3 is 0 Å². The molecule has 16 aliphatic rings. The highest BCUT2D eigenvalue weighted by Gasteiger charge is 2.31. The summed E-state index contributed by atoms with van der Waals surface area (Å²) in [5.74, 6) is 6.99. The molecule has 0 bridgehead atoms. The van der Waals surface area contributed by atoms with Crippen molar-refractivity contribution in [3.05, 3.63) is 132 Å². The van der Waals surface area contributed by atoms with Gasteiger partial charge in [0.25, 0.3) is 0 Å². The Kier molecular flexibility index (Phi) is 43.5. The van der Waals surface area contributed by atoms with Gasteiger partial charge in [-0.25, -0.2) is 0 Å². The number of fused-ring (bicyclic) bond motifs is 5. The summed E-state index contributed by atoms with van der Waals surface area (Å²) < 4.78 is 0. The molecule has 0 N–H and O–H groups in total. The lowest BCUT2D eigenvalue weighted by Gasteiger charge is -2.35. The zero-order valence-electron chi connectivity index (χ0n) is 57.6. The predicted molar refractivity (Wildman–Crippen MR) is 388 cm³/mol. The maximum Gasteiger partial charge on any atom is -0.0169 e. The van der Waals surface area contributed by atoms with Crippen LogP contribution in [0.2, 0.25) is 0 Å². The van der Waals surface area contributed by atoms with Crippen LogP contribution < -0.4 is 0 Å². The Morgan fingerprint density at radius 2 is 0.356 bits per heavy atom. The van der Waals surface area contributed by atoms with Gasteiger partial charge in [-0.1, -0.05) is 360 Å². The van der Waals surface area contributed by atoms with E-state index in [0.29, 0.717) is 0 Å². The van der Waals surface area contributed by atoms with E-state index in [1.54, 1.807) is 99.3 Å². The highest BCUT2D eigenvalue weighted by Crippen LogP contribution is 2.44.